The normalized spacial score (nSPS) is 17.6. The fourth-order valence-corrected chi connectivity index (χ4v) is 3.17. The van der Waals surface area contributed by atoms with E-state index in [9.17, 15) is 14.9 Å². The second-order valence-electron chi connectivity index (χ2n) is 6.68. The maximum atomic E-state index is 12.5. The number of halogens is 1. The van der Waals surface area contributed by atoms with Crippen LogP contribution in [0.15, 0.2) is 30.5 Å². The molecule has 0 saturated carbocycles. The molecule has 2 N–H and O–H groups in total. The van der Waals surface area contributed by atoms with E-state index in [0.29, 0.717) is 16.8 Å². The van der Waals surface area contributed by atoms with E-state index >= 15 is 0 Å². The molecule has 1 aliphatic rings. The highest BCUT2D eigenvalue weighted by molar-refractivity contribution is 5.92. The number of benzene rings is 1. The van der Waals surface area contributed by atoms with Crippen molar-refractivity contribution in [3.05, 3.63) is 57.4 Å². The first-order valence-corrected chi connectivity index (χ1v) is 8.77. The third-order valence-electron chi connectivity index (χ3n) is 4.76. The van der Waals surface area contributed by atoms with E-state index in [0.717, 1.165) is 25.9 Å². The molecule has 2 atom stereocenters. The number of nitrogens with zero attached hydrogens (tertiary/aromatic N) is 3. The Kier molecular flexibility index (Phi) is 6.92. The lowest BCUT2D eigenvalue weighted by atomic mass is 10.0. The Labute approximate surface area is 163 Å². The molecule has 2 unspecified atom stereocenters. The Bertz CT molecular complexity index is 817. The molecular weight excluding hydrogens is 370 g/mol. The lowest BCUT2D eigenvalue weighted by molar-refractivity contribution is -0.385. The summed E-state index contributed by atoms with van der Waals surface area (Å²) in [5, 5.41) is 21.7. The molecule has 1 amide bonds. The predicted octanol–water partition coefficient (Wildman–Crippen LogP) is 2.94. The number of carbonyl (C=O) groups excluding carboxylic acids is 1. The monoisotopic (exact) mass is 393 g/mol. The summed E-state index contributed by atoms with van der Waals surface area (Å²) in [7, 11) is 0. The van der Waals surface area contributed by atoms with Gasteiger partial charge in [0.1, 0.15) is 5.69 Å². The van der Waals surface area contributed by atoms with Crippen LogP contribution in [0, 0.1) is 17.0 Å². The van der Waals surface area contributed by atoms with Gasteiger partial charge in [-0.2, -0.15) is 5.10 Å². The van der Waals surface area contributed by atoms with Crippen molar-refractivity contribution in [2.75, 3.05) is 13.1 Å². The average Bonchev–Trinajstić information content (AvgIpc) is 3.13. The van der Waals surface area contributed by atoms with Crippen LogP contribution in [-0.2, 0) is 0 Å². The fraction of sp³-hybridized carbons (Fsp3) is 0.444. The highest BCUT2D eigenvalue weighted by Crippen LogP contribution is 2.23. The van der Waals surface area contributed by atoms with Crippen LogP contribution in [0.3, 0.4) is 0 Å². The molecule has 1 aromatic heterocycles. The molecule has 146 valence electrons. The quantitative estimate of drug-likeness (QED) is 0.600. The van der Waals surface area contributed by atoms with Gasteiger partial charge in [0.05, 0.1) is 17.0 Å². The number of nitrogens with one attached hydrogen (secondary N) is 2. The van der Waals surface area contributed by atoms with Gasteiger partial charge >= 0.3 is 0 Å². The Hall–Kier alpha value is -2.45. The molecular formula is C18H24ClN5O3. The van der Waals surface area contributed by atoms with Gasteiger partial charge in [-0.05, 0) is 44.9 Å². The number of rotatable bonds is 5. The first kappa shape index (κ1) is 20.9. The van der Waals surface area contributed by atoms with Gasteiger partial charge in [0.25, 0.3) is 11.6 Å². The number of carbonyl (C=O) groups is 1. The van der Waals surface area contributed by atoms with Crippen LogP contribution >= 0.6 is 12.4 Å². The van der Waals surface area contributed by atoms with Crippen molar-refractivity contribution < 1.29 is 9.72 Å². The average molecular weight is 394 g/mol. The summed E-state index contributed by atoms with van der Waals surface area (Å²) < 4.78 is 1.84. The molecule has 9 heteroatoms. The number of aromatic nitrogens is 2. The van der Waals surface area contributed by atoms with Gasteiger partial charge in [0, 0.05) is 24.4 Å². The zero-order chi connectivity index (χ0) is 18.7. The van der Waals surface area contributed by atoms with Crippen LogP contribution < -0.4 is 10.6 Å². The Morgan fingerprint density at radius 1 is 1.44 bits per heavy atom. The minimum absolute atomic E-state index is 0. The van der Waals surface area contributed by atoms with Gasteiger partial charge in [0.15, 0.2) is 0 Å². The fourth-order valence-electron chi connectivity index (χ4n) is 3.17. The molecule has 2 aromatic rings. The summed E-state index contributed by atoms with van der Waals surface area (Å²) in [4.78, 5) is 23.2. The maximum absolute atomic E-state index is 12.5. The smallest absolute Gasteiger partial charge is 0.272 e. The van der Waals surface area contributed by atoms with Crippen molar-refractivity contribution in [1.82, 2.24) is 20.4 Å². The van der Waals surface area contributed by atoms with Crippen LogP contribution in [0.4, 0.5) is 5.69 Å². The van der Waals surface area contributed by atoms with E-state index in [1.54, 1.807) is 32.0 Å². The number of hydrogen-bond donors (Lipinski definition) is 2. The summed E-state index contributed by atoms with van der Waals surface area (Å²) in [6.07, 6.45) is 3.96. The topological polar surface area (TPSA) is 102 Å². The zero-order valence-electron chi connectivity index (χ0n) is 15.3. The molecule has 1 fully saturated rings. The van der Waals surface area contributed by atoms with Crippen LogP contribution in [0.2, 0.25) is 0 Å². The van der Waals surface area contributed by atoms with Crippen molar-refractivity contribution in [2.45, 2.75) is 38.8 Å². The Morgan fingerprint density at radius 2 is 2.22 bits per heavy atom. The van der Waals surface area contributed by atoms with Gasteiger partial charge in [-0.25, -0.2) is 0 Å². The number of hydrogen-bond acceptors (Lipinski definition) is 5. The van der Waals surface area contributed by atoms with Gasteiger partial charge in [-0.15, -0.1) is 12.4 Å². The summed E-state index contributed by atoms with van der Waals surface area (Å²) in [5.74, 6) is -0.289. The van der Waals surface area contributed by atoms with Crippen LogP contribution in [0.5, 0.6) is 0 Å². The third kappa shape index (κ3) is 4.84. The lowest BCUT2D eigenvalue weighted by Gasteiger charge is -2.22. The SMILES string of the molecule is Cc1ccc(C(C)NC(=O)c2ccn(C3CCCNC3)n2)cc1[N+](=O)[O-].Cl. The van der Waals surface area contributed by atoms with E-state index < -0.39 is 4.92 Å². The molecule has 0 aliphatic carbocycles. The number of amides is 1. The molecule has 27 heavy (non-hydrogen) atoms. The van der Waals surface area contributed by atoms with Gasteiger partial charge < -0.3 is 10.6 Å². The standard InChI is InChI=1S/C18H23N5O3.ClH/c1-12-5-6-14(10-17(12)23(25)26)13(2)20-18(24)16-7-9-22(21-16)15-4-3-8-19-11-15;/h5-7,9-10,13,15,19H,3-4,8,11H2,1-2H3,(H,20,24);1H. The summed E-state index contributed by atoms with van der Waals surface area (Å²) in [6.45, 7) is 5.36. The van der Waals surface area contributed by atoms with Gasteiger partial charge in [0.2, 0.25) is 0 Å². The van der Waals surface area contributed by atoms with Crippen molar-refractivity contribution in [1.29, 1.82) is 0 Å². The second-order valence-corrected chi connectivity index (χ2v) is 6.68. The van der Waals surface area contributed by atoms with Gasteiger partial charge in [-0.3, -0.25) is 19.6 Å². The van der Waals surface area contributed by atoms with E-state index in [-0.39, 0.29) is 36.1 Å². The molecule has 0 radical (unpaired) electrons. The van der Waals surface area contributed by atoms with E-state index in [1.807, 2.05) is 10.9 Å². The molecule has 0 spiro atoms. The highest BCUT2D eigenvalue weighted by atomic mass is 35.5. The van der Waals surface area contributed by atoms with Crippen LogP contribution in [0.1, 0.15) is 53.5 Å². The number of aryl methyl sites for hydroxylation is 1. The van der Waals surface area contributed by atoms with E-state index in [4.69, 9.17) is 0 Å². The Balaban J connectivity index is 0.00000261. The minimum atomic E-state index is -0.409. The number of nitro groups is 1. The zero-order valence-corrected chi connectivity index (χ0v) is 16.2. The number of nitro benzene ring substituents is 1. The first-order valence-electron chi connectivity index (χ1n) is 8.77. The molecule has 1 saturated heterocycles. The van der Waals surface area contributed by atoms with E-state index in [2.05, 4.69) is 15.7 Å². The largest absolute Gasteiger partial charge is 0.344 e. The molecule has 1 aromatic carbocycles. The highest BCUT2D eigenvalue weighted by Gasteiger charge is 2.20. The molecule has 8 nitrogen and oxygen atoms in total. The Morgan fingerprint density at radius 3 is 2.89 bits per heavy atom. The third-order valence-corrected chi connectivity index (χ3v) is 4.76. The van der Waals surface area contributed by atoms with Crippen molar-refractivity contribution in [3.63, 3.8) is 0 Å². The summed E-state index contributed by atoms with van der Waals surface area (Å²) in [6, 6.07) is 6.60. The van der Waals surface area contributed by atoms with Crippen molar-refractivity contribution >= 4 is 24.0 Å². The maximum Gasteiger partial charge on any atom is 0.272 e. The van der Waals surface area contributed by atoms with Crippen molar-refractivity contribution in [3.8, 4) is 0 Å². The van der Waals surface area contributed by atoms with Gasteiger partial charge in [-0.1, -0.05) is 12.1 Å². The second kappa shape index (κ2) is 8.96. The molecule has 3 rings (SSSR count). The van der Waals surface area contributed by atoms with Crippen LogP contribution in [0.25, 0.3) is 0 Å². The van der Waals surface area contributed by atoms with Crippen LogP contribution in [-0.4, -0.2) is 33.7 Å². The molecule has 0 bridgehead atoms. The van der Waals surface area contributed by atoms with Crippen molar-refractivity contribution in [2.24, 2.45) is 0 Å². The summed E-state index contributed by atoms with van der Waals surface area (Å²) >= 11 is 0. The van der Waals surface area contributed by atoms with E-state index in [1.165, 1.54) is 6.07 Å². The predicted molar refractivity (Wildman–Crippen MR) is 104 cm³/mol. The number of piperidine rings is 1. The molecule has 1 aliphatic heterocycles. The first-order chi connectivity index (χ1) is 12.5. The lowest BCUT2D eigenvalue weighted by Crippen LogP contribution is -2.32. The summed E-state index contributed by atoms with van der Waals surface area (Å²) in [5.41, 5.74) is 1.69. The molecule has 2 heterocycles. The minimum Gasteiger partial charge on any atom is -0.344 e.